The number of para-hydroxylation sites is 1. The smallest absolute Gasteiger partial charge is 0.286 e. The van der Waals surface area contributed by atoms with E-state index in [0.29, 0.717) is 13.2 Å². The fourth-order valence-corrected chi connectivity index (χ4v) is 2.62. The van der Waals surface area contributed by atoms with Crippen molar-refractivity contribution in [3.05, 3.63) is 89.9 Å². The predicted octanol–water partition coefficient (Wildman–Crippen LogP) is 3.29. The molecular weight excluding hydrogens is 356 g/mol. The Morgan fingerprint density at radius 2 is 1.61 bits per heavy atom. The molecule has 6 nitrogen and oxygen atoms in total. The molecule has 144 valence electrons. The van der Waals surface area contributed by atoms with Gasteiger partial charge in [-0.1, -0.05) is 42.5 Å². The molecule has 28 heavy (non-hydrogen) atoms. The Morgan fingerprint density at radius 1 is 0.857 bits per heavy atom. The average Bonchev–Trinajstić information content (AvgIpc) is 3.27. The summed E-state index contributed by atoms with van der Waals surface area (Å²) < 4.78 is 10.8. The van der Waals surface area contributed by atoms with Crippen LogP contribution in [0.25, 0.3) is 0 Å². The van der Waals surface area contributed by atoms with Gasteiger partial charge in [-0.05, 0) is 35.4 Å². The van der Waals surface area contributed by atoms with Crippen molar-refractivity contribution in [2.45, 2.75) is 19.6 Å². The first-order chi connectivity index (χ1) is 13.7. The number of rotatable bonds is 9. The molecule has 1 aromatic heterocycles. The number of nitrogens with one attached hydrogen (secondary N) is 2. The molecule has 0 fully saturated rings. The van der Waals surface area contributed by atoms with Crippen molar-refractivity contribution >= 4 is 11.8 Å². The summed E-state index contributed by atoms with van der Waals surface area (Å²) in [6.07, 6.45) is 1.62. The molecule has 0 aliphatic rings. The molecule has 0 radical (unpaired) electrons. The first-order valence-electron chi connectivity index (χ1n) is 9.05. The van der Waals surface area contributed by atoms with E-state index in [1.807, 2.05) is 54.6 Å². The summed E-state index contributed by atoms with van der Waals surface area (Å²) in [6, 6.07) is 20.6. The molecule has 0 aliphatic heterocycles. The number of furan rings is 1. The molecule has 0 saturated carbocycles. The monoisotopic (exact) mass is 378 g/mol. The van der Waals surface area contributed by atoms with Crippen LogP contribution >= 0.6 is 0 Å². The van der Waals surface area contributed by atoms with Crippen LogP contribution in [0.2, 0.25) is 0 Å². The second kappa shape index (κ2) is 9.97. The van der Waals surface area contributed by atoms with E-state index in [1.165, 1.54) is 6.26 Å². The second-order valence-corrected chi connectivity index (χ2v) is 6.13. The Labute approximate surface area is 163 Å². The third-order valence-corrected chi connectivity index (χ3v) is 4.11. The van der Waals surface area contributed by atoms with Gasteiger partial charge < -0.3 is 19.8 Å². The highest BCUT2D eigenvalue weighted by atomic mass is 16.5. The topological polar surface area (TPSA) is 80.6 Å². The van der Waals surface area contributed by atoms with Gasteiger partial charge in [0.05, 0.1) is 6.26 Å². The summed E-state index contributed by atoms with van der Waals surface area (Å²) >= 11 is 0. The SMILES string of the molecule is O=C(CCNC(=O)c1ccco1)NCc1ccccc1COc1ccccc1. The molecule has 0 unspecified atom stereocenters. The van der Waals surface area contributed by atoms with Gasteiger partial charge in [0.2, 0.25) is 5.91 Å². The van der Waals surface area contributed by atoms with Gasteiger partial charge in [-0.25, -0.2) is 0 Å². The minimum atomic E-state index is -0.332. The molecule has 0 spiro atoms. The fraction of sp³-hybridized carbons (Fsp3) is 0.182. The third-order valence-electron chi connectivity index (χ3n) is 4.11. The molecule has 1 heterocycles. The van der Waals surface area contributed by atoms with E-state index in [9.17, 15) is 9.59 Å². The number of amides is 2. The van der Waals surface area contributed by atoms with Crippen molar-refractivity contribution in [1.29, 1.82) is 0 Å². The lowest BCUT2D eigenvalue weighted by Crippen LogP contribution is -2.30. The summed E-state index contributed by atoms with van der Waals surface area (Å²) in [5.74, 6) is 0.557. The van der Waals surface area contributed by atoms with Gasteiger partial charge in [0.15, 0.2) is 5.76 Å². The normalized spacial score (nSPS) is 10.3. The predicted molar refractivity (Wildman–Crippen MR) is 105 cm³/mol. The van der Waals surface area contributed by atoms with Crippen LogP contribution < -0.4 is 15.4 Å². The Balaban J connectivity index is 1.43. The quantitative estimate of drug-likeness (QED) is 0.599. The molecule has 6 heteroatoms. The largest absolute Gasteiger partial charge is 0.489 e. The van der Waals surface area contributed by atoms with Crippen LogP contribution in [-0.4, -0.2) is 18.4 Å². The van der Waals surface area contributed by atoms with Crippen molar-refractivity contribution in [2.24, 2.45) is 0 Å². The number of hydrogen-bond donors (Lipinski definition) is 2. The minimum absolute atomic E-state index is 0.140. The van der Waals surface area contributed by atoms with Crippen LogP contribution in [0.4, 0.5) is 0 Å². The zero-order valence-corrected chi connectivity index (χ0v) is 15.4. The van der Waals surface area contributed by atoms with E-state index in [1.54, 1.807) is 12.1 Å². The van der Waals surface area contributed by atoms with E-state index < -0.39 is 0 Å². The standard InChI is InChI=1S/C22H22N2O4/c25-21(12-13-23-22(26)20-11-6-14-27-20)24-15-17-7-4-5-8-18(17)16-28-19-9-2-1-3-10-19/h1-11,14H,12-13,15-16H2,(H,23,26)(H,24,25). The van der Waals surface area contributed by atoms with E-state index in [2.05, 4.69) is 10.6 Å². The van der Waals surface area contributed by atoms with Crippen LogP contribution in [0.5, 0.6) is 5.75 Å². The first-order valence-corrected chi connectivity index (χ1v) is 9.05. The molecule has 0 saturated heterocycles. The van der Waals surface area contributed by atoms with E-state index in [4.69, 9.17) is 9.15 Å². The number of carbonyl (C=O) groups excluding carboxylic acids is 2. The van der Waals surface area contributed by atoms with Crippen LogP contribution in [-0.2, 0) is 17.9 Å². The van der Waals surface area contributed by atoms with Crippen molar-refractivity contribution < 1.29 is 18.7 Å². The average molecular weight is 378 g/mol. The molecule has 2 aromatic carbocycles. The van der Waals surface area contributed by atoms with Gasteiger partial charge in [0.25, 0.3) is 5.91 Å². The lowest BCUT2D eigenvalue weighted by Gasteiger charge is -2.12. The molecule has 2 N–H and O–H groups in total. The minimum Gasteiger partial charge on any atom is -0.489 e. The summed E-state index contributed by atoms with van der Waals surface area (Å²) in [5.41, 5.74) is 2.00. The van der Waals surface area contributed by atoms with Gasteiger partial charge in [0, 0.05) is 19.5 Å². The number of hydrogen-bond acceptors (Lipinski definition) is 4. The van der Waals surface area contributed by atoms with Crippen LogP contribution in [0.15, 0.2) is 77.4 Å². The summed E-state index contributed by atoms with van der Waals surface area (Å²) in [4.78, 5) is 23.8. The third kappa shape index (κ3) is 5.74. The Morgan fingerprint density at radius 3 is 2.36 bits per heavy atom. The van der Waals surface area contributed by atoms with Gasteiger partial charge in [-0.15, -0.1) is 0 Å². The lowest BCUT2D eigenvalue weighted by atomic mass is 10.1. The molecular formula is C22H22N2O4. The molecule has 0 aliphatic carbocycles. The zero-order chi connectivity index (χ0) is 19.6. The van der Waals surface area contributed by atoms with Crippen molar-refractivity contribution in [3.63, 3.8) is 0 Å². The fourth-order valence-electron chi connectivity index (χ4n) is 2.62. The maximum atomic E-state index is 12.1. The first kappa shape index (κ1) is 19.2. The highest BCUT2D eigenvalue weighted by Crippen LogP contribution is 2.14. The number of carbonyl (C=O) groups is 2. The highest BCUT2D eigenvalue weighted by Gasteiger charge is 2.09. The Kier molecular flexibility index (Phi) is 6.84. The van der Waals surface area contributed by atoms with Crippen molar-refractivity contribution in [1.82, 2.24) is 10.6 Å². The number of benzene rings is 2. The van der Waals surface area contributed by atoms with Gasteiger partial charge in [0.1, 0.15) is 12.4 Å². The maximum Gasteiger partial charge on any atom is 0.286 e. The highest BCUT2D eigenvalue weighted by molar-refractivity contribution is 5.91. The van der Waals surface area contributed by atoms with Crippen LogP contribution in [0, 0.1) is 0 Å². The van der Waals surface area contributed by atoms with Crippen LogP contribution in [0.1, 0.15) is 28.1 Å². The van der Waals surface area contributed by atoms with Crippen LogP contribution in [0.3, 0.4) is 0 Å². The molecule has 2 amide bonds. The Hall–Kier alpha value is -3.54. The molecule has 0 atom stereocenters. The molecule has 3 aromatic rings. The van der Waals surface area contributed by atoms with Crippen molar-refractivity contribution in [2.75, 3.05) is 6.54 Å². The van der Waals surface area contributed by atoms with E-state index >= 15 is 0 Å². The summed E-state index contributed by atoms with van der Waals surface area (Å²) in [6.45, 7) is 1.07. The zero-order valence-electron chi connectivity index (χ0n) is 15.4. The van der Waals surface area contributed by atoms with E-state index in [-0.39, 0.29) is 30.5 Å². The van der Waals surface area contributed by atoms with Crippen molar-refractivity contribution in [3.8, 4) is 5.75 Å². The van der Waals surface area contributed by atoms with Gasteiger partial charge >= 0.3 is 0 Å². The lowest BCUT2D eigenvalue weighted by molar-refractivity contribution is -0.121. The molecule has 3 rings (SSSR count). The van der Waals surface area contributed by atoms with E-state index in [0.717, 1.165) is 16.9 Å². The summed E-state index contributed by atoms with van der Waals surface area (Å²) in [5, 5.41) is 5.53. The maximum absolute atomic E-state index is 12.1. The Bertz CT molecular complexity index is 892. The molecule has 0 bridgehead atoms. The van der Waals surface area contributed by atoms with Gasteiger partial charge in [-0.3, -0.25) is 9.59 Å². The van der Waals surface area contributed by atoms with Gasteiger partial charge in [-0.2, -0.15) is 0 Å². The number of ether oxygens (including phenoxy) is 1. The summed E-state index contributed by atoms with van der Waals surface area (Å²) in [7, 11) is 0. The second-order valence-electron chi connectivity index (χ2n) is 6.13.